The molecular formula is C44H28N2. The SMILES string of the molecule is c1ccc(-c2c3ccccc3c(-c3ccc(-c4cnc(-c5cnc6ccccc6c5)c5ccccc45)cc3)c3ccccc23)cc1. The summed E-state index contributed by atoms with van der Waals surface area (Å²) in [5.74, 6) is 0. The van der Waals surface area contributed by atoms with E-state index in [1.807, 2.05) is 24.5 Å². The Morgan fingerprint density at radius 1 is 0.326 bits per heavy atom. The molecule has 2 heterocycles. The quantitative estimate of drug-likeness (QED) is 0.192. The molecule has 0 bridgehead atoms. The number of hydrogen-bond acceptors (Lipinski definition) is 2. The van der Waals surface area contributed by atoms with Gasteiger partial charge >= 0.3 is 0 Å². The molecule has 7 aromatic carbocycles. The van der Waals surface area contributed by atoms with Gasteiger partial charge in [0.1, 0.15) is 0 Å². The highest BCUT2D eigenvalue weighted by Gasteiger charge is 2.17. The fourth-order valence-electron chi connectivity index (χ4n) is 7.02. The van der Waals surface area contributed by atoms with Crippen molar-refractivity contribution in [3.05, 3.63) is 170 Å². The zero-order valence-corrected chi connectivity index (χ0v) is 25.1. The summed E-state index contributed by atoms with van der Waals surface area (Å²) in [6, 6.07) is 56.3. The highest BCUT2D eigenvalue weighted by Crippen LogP contribution is 2.44. The first-order valence-electron chi connectivity index (χ1n) is 15.7. The molecule has 9 aromatic rings. The minimum Gasteiger partial charge on any atom is -0.256 e. The van der Waals surface area contributed by atoms with E-state index in [9.17, 15) is 0 Å². The predicted molar refractivity (Wildman–Crippen MR) is 194 cm³/mol. The van der Waals surface area contributed by atoms with E-state index < -0.39 is 0 Å². The van der Waals surface area contributed by atoms with Crippen LogP contribution in [0.5, 0.6) is 0 Å². The molecule has 0 fully saturated rings. The molecule has 0 saturated heterocycles. The topological polar surface area (TPSA) is 25.8 Å². The summed E-state index contributed by atoms with van der Waals surface area (Å²) in [7, 11) is 0. The predicted octanol–water partition coefficient (Wildman–Crippen LogP) is 11.8. The molecule has 0 atom stereocenters. The maximum absolute atomic E-state index is 5.02. The summed E-state index contributed by atoms with van der Waals surface area (Å²) >= 11 is 0. The number of aromatic nitrogens is 2. The maximum atomic E-state index is 5.02. The average Bonchev–Trinajstić information content (AvgIpc) is 3.13. The Morgan fingerprint density at radius 2 is 0.826 bits per heavy atom. The van der Waals surface area contributed by atoms with Gasteiger partial charge < -0.3 is 0 Å². The number of pyridine rings is 2. The molecule has 0 N–H and O–H groups in total. The third-order valence-corrected chi connectivity index (χ3v) is 9.14. The van der Waals surface area contributed by atoms with Crippen LogP contribution in [0.4, 0.5) is 0 Å². The highest BCUT2D eigenvalue weighted by molar-refractivity contribution is 6.21. The third-order valence-electron chi connectivity index (χ3n) is 9.14. The first kappa shape index (κ1) is 26.3. The van der Waals surface area contributed by atoms with Gasteiger partial charge in [-0.2, -0.15) is 0 Å². The van der Waals surface area contributed by atoms with E-state index in [1.54, 1.807) is 0 Å². The van der Waals surface area contributed by atoms with E-state index in [4.69, 9.17) is 9.97 Å². The van der Waals surface area contributed by atoms with Gasteiger partial charge in [0.2, 0.25) is 0 Å². The molecule has 2 aromatic heterocycles. The van der Waals surface area contributed by atoms with E-state index in [-0.39, 0.29) is 0 Å². The lowest BCUT2D eigenvalue weighted by atomic mass is 9.85. The molecule has 0 spiro atoms. The number of para-hydroxylation sites is 1. The fraction of sp³-hybridized carbons (Fsp3) is 0. The summed E-state index contributed by atoms with van der Waals surface area (Å²) < 4.78 is 0. The van der Waals surface area contributed by atoms with Crippen molar-refractivity contribution < 1.29 is 0 Å². The van der Waals surface area contributed by atoms with Gasteiger partial charge in [-0.25, -0.2) is 0 Å². The van der Waals surface area contributed by atoms with Crippen LogP contribution < -0.4 is 0 Å². The van der Waals surface area contributed by atoms with Crippen molar-refractivity contribution in [1.82, 2.24) is 9.97 Å². The van der Waals surface area contributed by atoms with Crippen molar-refractivity contribution in [2.45, 2.75) is 0 Å². The highest BCUT2D eigenvalue weighted by atomic mass is 14.7. The molecule has 0 radical (unpaired) electrons. The van der Waals surface area contributed by atoms with Crippen LogP contribution in [0.1, 0.15) is 0 Å². The zero-order valence-electron chi connectivity index (χ0n) is 25.1. The Kier molecular flexibility index (Phi) is 6.17. The second kappa shape index (κ2) is 10.8. The van der Waals surface area contributed by atoms with Crippen LogP contribution in [0.2, 0.25) is 0 Å². The van der Waals surface area contributed by atoms with Crippen molar-refractivity contribution in [3.63, 3.8) is 0 Å². The van der Waals surface area contributed by atoms with Crippen LogP contribution in [-0.4, -0.2) is 9.97 Å². The van der Waals surface area contributed by atoms with Crippen LogP contribution in [0, 0.1) is 0 Å². The Balaban J connectivity index is 1.19. The lowest BCUT2D eigenvalue weighted by Gasteiger charge is -2.18. The van der Waals surface area contributed by atoms with E-state index in [1.165, 1.54) is 49.2 Å². The van der Waals surface area contributed by atoms with E-state index >= 15 is 0 Å². The van der Waals surface area contributed by atoms with Gasteiger partial charge in [-0.3, -0.25) is 9.97 Å². The molecule has 0 amide bonds. The molecule has 0 unspecified atom stereocenters. The molecule has 0 aliphatic carbocycles. The minimum absolute atomic E-state index is 0.950. The van der Waals surface area contributed by atoms with Crippen LogP contribution in [0.15, 0.2) is 170 Å². The fourth-order valence-corrected chi connectivity index (χ4v) is 7.02. The number of hydrogen-bond donors (Lipinski definition) is 0. The smallest absolute Gasteiger partial charge is 0.0796 e. The van der Waals surface area contributed by atoms with Gasteiger partial charge in [0.25, 0.3) is 0 Å². The molecular weight excluding hydrogens is 556 g/mol. The summed E-state index contributed by atoms with van der Waals surface area (Å²) in [6.45, 7) is 0. The third kappa shape index (κ3) is 4.27. The molecule has 0 saturated carbocycles. The summed E-state index contributed by atoms with van der Waals surface area (Å²) in [5, 5.41) is 8.45. The molecule has 46 heavy (non-hydrogen) atoms. The average molecular weight is 585 g/mol. The minimum atomic E-state index is 0.950. The van der Waals surface area contributed by atoms with Gasteiger partial charge in [-0.05, 0) is 66.9 Å². The van der Waals surface area contributed by atoms with Gasteiger partial charge in [-0.15, -0.1) is 0 Å². The summed E-state index contributed by atoms with van der Waals surface area (Å²) in [4.78, 5) is 9.73. The van der Waals surface area contributed by atoms with Crippen molar-refractivity contribution in [3.8, 4) is 44.6 Å². The summed E-state index contributed by atoms with van der Waals surface area (Å²) in [5.41, 5.74) is 10.2. The molecule has 2 nitrogen and oxygen atoms in total. The van der Waals surface area contributed by atoms with Gasteiger partial charge in [0, 0.05) is 34.3 Å². The number of fused-ring (bicyclic) bond motifs is 4. The van der Waals surface area contributed by atoms with Crippen LogP contribution >= 0.6 is 0 Å². The standard InChI is InChI=1S/C44H28N2/c1-2-12-30(13-3-1)42-35-16-6-8-18-37(35)43(38-19-9-7-17-36(38)42)31-24-22-29(23-25-31)40-28-46-44(39-20-10-5-15-34(39)40)33-26-32-14-4-11-21-41(32)45-27-33/h1-28H. The Labute approximate surface area is 267 Å². The lowest BCUT2D eigenvalue weighted by molar-refractivity contribution is 1.33. The van der Waals surface area contributed by atoms with E-state index in [0.717, 1.165) is 38.7 Å². The number of benzene rings is 7. The first-order valence-corrected chi connectivity index (χ1v) is 15.7. The monoisotopic (exact) mass is 584 g/mol. The molecule has 214 valence electrons. The zero-order chi connectivity index (χ0) is 30.5. The Hall–Kier alpha value is -6.12. The maximum Gasteiger partial charge on any atom is 0.0796 e. The van der Waals surface area contributed by atoms with Crippen molar-refractivity contribution in [1.29, 1.82) is 0 Å². The van der Waals surface area contributed by atoms with Crippen LogP contribution in [-0.2, 0) is 0 Å². The Morgan fingerprint density at radius 3 is 1.48 bits per heavy atom. The molecule has 2 heteroatoms. The van der Waals surface area contributed by atoms with Crippen molar-refractivity contribution >= 4 is 43.2 Å². The van der Waals surface area contributed by atoms with Gasteiger partial charge in [0.05, 0.1) is 11.2 Å². The Bertz CT molecular complexity index is 2510. The van der Waals surface area contributed by atoms with Crippen LogP contribution in [0.3, 0.4) is 0 Å². The largest absolute Gasteiger partial charge is 0.256 e. The first-order chi connectivity index (χ1) is 22.8. The number of nitrogens with zero attached hydrogens (tertiary/aromatic N) is 2. The number of rotatable bonds is 4. The van der Waals surface area contributed by atoms with E-state index in [0.29, 0.717) is 0 Å². The van der Waals surface area contributed by atoms with Gasteiger partial charge in [-0.1, -0.05) is 146 Å². The van der Waals surface area contributed by atoms with Gasteiger partial charge in [0.15, 0.2) is 0 Å². The summed E-state index contributed by atoms with van der Waals surface area (Å²) in [6.07, 6.45) is 3.95. The molecule has 0 aliphatic rings. The van der Waals surface area contributed by atoms with E-state index in [2.05, 4.69) is 146 Å². The molecule has 0 aliphatic heterocycles. The van der Waals surface area contributed by atoms with Crippen molar-refractivity contribution in [2.24, 2.45) is 0 Å². The molecule has 9 rings (SSSR count). The normalized spacial score (nSPS) is 11.5. The lowest BCUT2D eigenvalue weighted by Crippen LogP contribution is -1.92. The second-order valence-electron chi connectivity index (χ2n) is 11.8. The second-order valence-corrected chi connectivity index (χ2v) is 11.8. The van der Waals surface area contributed by atoms with Crippen LogP contribution in [0.25, 0.3) is 87.9 Å². The van der Waals surface area contributed by atoms with Crippen molar-refractivity contribution in [2.75, 3.05) is 0 Å².